The normalized spacial score (nSPS) is 11.7. The number of aromatic nitrogens is 2. The molecule has 0 aliphatic carbocycles. The fraction of sp³-hybridized carbons (Fsp3) is 0.375. The number of likely N-dealkylation sites (N-methyl/N-ethyl adjacent to an activating group) is 1. The Labute approximate surface area is 200 Å². The fourth-order valence-corrected chi connectivity index (χ4v) is 4.62. The largest absolute Gasteiger partial charge is 0.494 e. The van der Waals surface area contributed by atoms with Gasteiger partial charge in [-0.1, -0.05) is 38.1 Å². The lowest BCUT2D eigenvalue weighted by Gasteiger charge is -2.20. The summed E-state index contributed by atoms with van der Waals surface area (Å²) in [6.45, 7) is 7.86. The van der Waals surface area contributed by atoms with E-state index in [0.717, 1.165) is 9.87 Å². The molecular formula is C24H30N4O5S. The Morgan fingerprint density at radius 3 is 2.32 bits per heavy atom. The Balaban J connectivity index is 1.60. The molecular weight excluding hydrogens is 456 g/mol. The molecule has 1 N–H and O–H groups in total. The smallest absolute Gasteiger partial charge is 0.243 e. The van der Waals surface area contributed by atoms with Gasteiger partial charge in [0.15, 0.2) is 5.82 Å². The average molecular weight is 487 g/mol. The van der Waals surface area contributed by atoms with Gasteiger partial charge in [-0.3, -0.25) is 4.79 Å². The predicted octanol–water partition coefficient (Wildman–Crippen LogP) is 3.83. The number of hydrogen-bond acceptors (Lipinski definition) is 7. The molecule has 0 radical (unpaired) electrons. The van der Waals surface area contributed by atoms with Crippen LogP contribution in [0.5, 0.6) is 5.75 Å². The molecule has 0 aliphatic heterocycles. The third kappa shape index (κ3) is 6.42. The first-order valence-corrected chi connectivity index (χ1v) is 12.6. The van der Waals surface area contributed by atoms with Gasteiger partial charge >= 0.3 is 0 Å². The Morgan fingerprint density at radius 1 is 1.09 bits per heavy atom. The van der Waals surface area contributed by atoms with Crippen molar-refractivity contribution in [2.75, 3.05) is 25.0 Å². The minimum absolute atomic E-state index is 0.108. The van der Waals surface area contributed by atoms with Crippen molar-refractivity contribution in [3.8, 4) is 5.75 Å². The molecule has 2 aromatic carbocycles. The highest BCUT2D eigenvalue weighted by molar-refractivity contribution is 7.89. The number of sulfonamides is 1. The lowest BCUT2D eigenvalue weighted by molar-refractivity contribution is -0.116. The maximum Gasteiger partial charge on any atom is 0.243 e. The number of nitrogens with one attached hydrogen (secondary N) is 1. The molecule has 34 heavy (non-hydrogen) atoms. The second kappa shape index (κ2) is 11.3. The zero-order valence-electron chi connectivity index (χ0n) is 19.8. The number of benzene rings is 2. The van der Waals surface area contributed by atoms with Crippen LogP contribution < -0.4 is 10.1 Å². The van der Waals surface area contributed by atoms with Crippen molar-refractivity contribution in [3.05, 3.63) is 65.8 Å². The molecule has 3 rings (SSSR count). The van der Waals surface area contributed by atoms with Gasteiger partial charge in [0, 0.05) is 24.6 Å². The first-order valence-electron chi connectivity index (χ1n) is 11.2. The third-order valence-electron chi connectivity index (χ3n) is 5.02. The molecule has 9 nitrogen and oxygen atoms in total. The maximum absolute atomic E-state index is 13.0. The van der Waals surface area contributed by atoms with Crippen molar-refractivity contribution in [2.45, 2.75) is 44.9 Å². The Bertz CT molecular complexity index is 1190. The SMILES string of the molecule is CCOc1ccc(S(=O)(=O)N(CC)CC(=O)Nc2ccc(Cc3noc(C(C)C)n3)cc2)cc1. The molecule has 0 bridgehead atoms. The highest BCUT2D eigenvalue weighted by atomic mass is 32.2. The van der Waals surface area contributed by atoms with Crippen LogP contribution in [0.1, 0.15) is 50.9 Å². The van der Waals surface area contributed by atoms with Crippen LogP contribution in [0, 0.1) is 0 Å². The van der Waals surface area contributed by atoms with E-state index in [2.05, 4.69) is 15.5 Å². The van der Waals surface area contributed by atoms with Crippen LogP contribution in [0.3, 0.4) is 0 Å². The number of carbonyl (C=O) groups is 1. The first kappa shape index (κ1) is 25.4. The Morgan fingerprint density at radius 2 is 1.76 bits per heavy atom. The average Bonchev–Trinajstić information content (AvgIpc) is 3.28. The van der Waals surface area contributed by atoms with E-state index in [-0.39, 0.29) is 23.9 Å². The van der Waals surface area contributed by atoms with Crippen LogP contribution in [-0.2, 0) is 21.2 Å². The number of rotatable bonds is 11. The highest BCUT2D eigenvalue weighted by Crippen LogP contribution is 2.20. The minimum atomic E-state index is -3.82. The van der Waals surface area contributed by atoms with Crippen LogP contribution in [0.2, 0.25) is 0 Å². The van der Waals surface area contributed by atoms with Crippen LogP contribution in [0.15, 0.2) is 57.9 Å². The maximum atomic E-state index is 13.0. The van der Waals surface area contributed by atoms with Crippen molar-refractivity contribution < 1.29 is 22.5 Å². The van der Waals surface area contributed by atoms with Crippen LogP contribution >= 0.6 is 0 Å². The summed E-state index contributed by atoms with van der Waals surface area (Å²) < 4.78 is 37.6. The van der Waals surface area contributed by atoms with E-state index in [9.17, 15) is 13.2 Å². The highest BCUT2D eigenvalue weighted by Gasteiger charge is 2.25. The van der Waals surface area contributed by atoms with E-state index in [4.69, 9.17) is 9.26 Å². The summed E-state index contributed by atoms with van der Waals surface area (Å²) in [6, 6.07) is 13.4. The summed E-state index contributed by atoms with van der Waals surface area (Å²) in [6.07, 6.45) is 0.508. The monoisotopic (exact) mass is 486 g/mol. The molecule has 0 aliphatic rings. The van der Waals surface area contributed by atoms with Crippen molar-refractivity contribution in [1.82, 2.24) is 14.4 Å². The Hall–Kier alpha value is -3.24. The summed E-state index contributed by atoms with van der Waals surface area (Å²) in [7, 11) is -3.82. The van der Waals surface area contributed by atoms with E-state index in [1.807, 2.05) is 32.9 Å². The van der Waals surface area contributed by atoms with E-state index >= 15 is 0 Å². The molecule has 0 spiro atoms. The van der Waals surface area contributed by atoms with E-state index < -0.39 is 15.9 Å². The van der Waals surface area contributed by atoms with E-state index in [1.165, 1.54) is 12.1 Å². The zero-order chi connectivity index (χ0) is 24.7. The molecule has 1 aromatic heterocycles. The predicted molar refractivity (Wildman–Crippen MR) is 128 cm³/mol. The Kier molecular flexibility index (Phi) is 8.41. The topological polar surface area (TPSA) is 115 Å². The molecule has 0 saturated carbocycles. The third-order valence-corrected chi connectivity index (χ3v) is 6.96. The molecule has 0 saturated heterocycles. The summed E-state index contributed by atoms with van der Waals surface area (Å²) >= 11 is 0. The van der Waals surface area contributed by atoms with Crippen LogP contribution in [0.4, 0.5) is 5.69 Å². The van der Waals surface area contributed by atoms with Gasteiger partial charge in [0.05, 0.1) is 18.0 Å². The lowest BCUT2D eigenvalue weighted by atomic mass is 10.1. The molecule has 1 amide bonds. The van der Waals surface area contributed by atoms with Crippen molar-refractivity contribution in [1.29, 1.82) is 0 Å². The molecule has 1 heterocycles. The second-order valence-corrected chi connectivity index (χ2v) is 9.90. The van der Waals surface area contributed by atoms with E-state index in [0.29, 0.717) is 36.2 Å². The zero-order valence-corrected chi connectivity index (χ0v) is 20.6. The number of amides is 1. The summed E-state index contributed by atoms with van der Waals surface area (Å²) in [5, 5.41) is 6.73. The number of anilines is 1. The van der Waals surface area contributed by atoms with Gasteiger partial charge in [-0.2, -0.15) is 9.29 Å². The minimum Gasteiger partial charge on any atom is -0.494 e. The molecule has 0 atom stereocenters. The molecule has 3 aromatic rings. The number of ether oxygens (including phenoxy) is 1. The lowest BCUT2D eigenvalue weighted by Crippen LogP contribution is -2.37. The summed E-state index contributed by atoms with van der Waals surface area (Å²) in [4.78, 5) is 17.0. The number of nitrogens with zero attached hydrogens (tertiary/aromatic N) is 3. The molecule has 0 unspecified atom stereocenters. The van der Waals surface area contributed by atoms with Gasteiger partial charge in [0.25, 0.3) is 0 Å². The van der Waals surface area contributed by atoms with Crippen molar-refractivity contribution in [2.24, 2.45) is 0 Å². The summed E-state index contributed by atoms with van der Waals surface area (Å²) in [5.41, 5.74) is 1.53. The van der Waals surface area contributed by atoms with Gasteiger partial charge in [-0.15, -0.1) is 0 Å². The molecule has 182 valence electrons. The number of carbonyl (C=O) groups excluding carboxylic acids is 1. The van der Waals surface area contributed by atoms with Gasteiger partial charge in [-0.25, -0.2) is 8.42 Å². The van der Waals surface area contributed by atoms with E-state index in [1.54, 1.807) is 31.2 Å². The first-order chi connectivity index (χ1) is 16.2. The standard InChI is InChI=1S/C24H30N4O5S/c1-5-28(34(30,31)21-13-11-20(12-14-21)32-6-2)16-23(29)25-19-9-7-18(8-10-19)15-22-26-24(17(3)4)33-27-22/h7-14,17H,5-6,15-16H2,1-4H3,(H,25,29). The fourth-order valence-electron chi connectivity index (χ4n) is 3.21. The quantitative estimate of drug-likeness (QED) is 0.438. The second-order valence-electron chi connectivity index (χ2n) is 7.96. The van der Waals surface area contributed by atoms with Crippen LogP contribution in [0.25, 0.3) is 0 Å². The number of hydrogen-bond donors (Lipinski definition) is 1. The summed E-state index contributed by atoms with van der Waals surface area (Å²) in [5.74, 6) is 1.52. The van der Waals surface area contributed by atoms with Crippen molar-refractivity contribution >= 4 is 21.6 Å². The molecule has 10 heteroatoms. The van der Waals surface area contributed by atoms with Gasteiger partial charge in [0.1, 0.15) is 5.75 Å². The van der Waals surface area contributed by atoms with Gasteiger partial charge in [0.2, 0.25) is 21.8 Å². The van der Waals surface area contributed by atoms with Crippen molar-refractivity contribution in [3.63, 3.8) is 0 Å². The van der Waals surface area contributed by atoms with Gasteiger partial charge < -0.3 is 14.6 Å². The molecule has 0 fully saturated rings. The van der Waals surface area contributed by atoms with Gasteiger partial charge in [-0.05, 0) is 48.9 Å². The van der Waals surface area contributed by atoms with Crippen LogP contribution in [-0.4, -0.2) is 48.5 Å².